The van der Waals surface area contributed by atoms with Crippen molar-refractivity contribution in [3.63, 3.8) is 0 Å². The average Bonchev–Trinajstić information content (AvgIpc) is 3.18. The van der Waals surface area contributed by atoms with E-state index in [0.29, 0.717) is 19.1 Å². The summed E-state index contributed by atoms with van der Waals surface area (Å²) in [7, 11) is 0. The van der Waals surface area contributed by atoms with Crippen LogP contribution < -0.4 is 9.47 Å². The molecule has 0 unspecified atom stereocenters. The molecule has 1 aromatic rings. The molecule has 0 amide bonds. The minimum absolute atomic E-state index is 0.297. The van der Waals surface area contributed by atoms with Gasteiger partial charge in [0.25, 0.3) is 0 Å². The van der Waals surface area contributed by atoms with Gasteiger partial charge in [0, 0.05) is 5.56 Å². The van der Waals surface area contributed by atoms with Gasteiger partial charge in [-0.25, -0.2) is 4.79 Å². The second kappa shape index (κ2) is 4.39. The van der Waals surface area contributed by atoms with Gasteiger partial charge in [0.2, 0.25) is 6.08 Å². The molecule has 0 N–H and O–H groups in total. The smallest absolute Gasteiger partial charge is 0.235 e. The van der Waals surface area contributed by atoms with Gasteiger partial charge in [0.15, 0.2) is 11.5 Å². The number of fused-ring (bicyclic) bond motifs is 1. The third kappa shape index (κ3) is 1.92. The van der Waals surface area contributed by atoms with Gasteiger partial charge in [-0.1, -0.05) is 19.9 Å². The van der Waals surface area contributed by atoms with Crippen molar-refractivity contribution < 1.29 is 14.3 Å². The number of isocyanates is 1. The maximum atomic E-state index is 10.7. The molecule has 0 atom stereocenters. The topological polar surface area (TPSA) is 47.9 Å². The standard InChI is InChI=1S/C15H17NO3/c1-10(2)13-11(15(5-6-15)16-9-17)3-4-12-14(13)19-8-7-18-12/h3-4,10H,5-8H2,1-2H3. The van der Waals surface area contributed by atoms with Crippen LogP contribution in [-0.2, 0) is 10.3 Å². The lowest BCUT2D eigenvalue weighted by Gasteiger charge is -2.26. The van der Waals surface area contributed by atoms with E-state index < -0.39 is 0 Å². The second-order valence-corrected chi connectivity index (χ2v) is 5.44. The molecule has 0 saturated heterocycles. The number of hydrogen-bond acceptors (Lipinski definition) is 4. The lowest BCUT2D eigenvalue weighted by atomic mass is 9.90. The van der Waals surface area contributed by atoms with E-state index in [1.165, 1.54) is 0 Å². The number of aliphatic imine (C=N–C) groups is 1. The molecule has 0 aromatic heterocycles. The summed E-state index contributed by atoms with van der Waals surface area (Å²) >= 11 is 0. The highest BCUT2D eigenvalue weighted by molar-refractivity contribution is 5.57. The van der Waals surface area contributed by atoms with Gasteiger partial charge in [-0.05, 0) is 30.4 Å². The SMILES string of the molecule is CC(C)c1c(C2(N=C=O)CC2)ccc2c1OCCO2. The zero-order valence-electron chi connectivity index (χ0n) is 11.2. The Bertz CT molecular complexity index is 555. The zero-order valence-corrected chi connectivity index (χ0v) is 11.2. The molecular weight excluding hydrogens is 242 g/mol. The van der Waals surface area contributed by atoms with Crippen LogP contribution in [0.15, 0.2) is 17.1 Å². The Labute approximate surface area is 112 Å². The minimum atomic E-state index is -0.364. The number of hydrogen-bond donors (Lipinski definition) is 0. The predicted molar refractivity (Wildman–Crippen MR) is 70.6 cm³/mol. The van der Waals surface area contributed by atoms with E-state index in [0.717, 1.165) is 35.5 Å². The van der Waals surface area contributed by atoms with Crippen LogP contribution >= 0.6 is 0 Å². The van der Waals surface area contributed by atoms with Crippen molar-refractivity contribution in [2.45, 2.75) is 38.1 Å². The molecule has 2 aliphatic rings. The molecule has 100 valence electrons. The van der Waals surface area contributed by atoms with Gasteiger partial charge in [0.1, 0.15) is 13.2 Å². The molecule has 19 heavy (non-hydrogen) atoms. The van der Waals surface area contributed by atoms with Gasteiger partial charge >= 0.3 is 0 Å². The molecular formula is C15H17NO3. The highest BCUT2D eigenvalue weighted by Crippen LogP contribution is 2.54. The Hall–Kier alpha value is -1.80. The summed E-state index contributed by atoms with van der Waals surface area (Å²) in [4.78, 5) is 14.7. The first-order chi connectivity index (χ1) is 9.18. The first-order valence-electron chi connectivity index (χ1n) is 6.70. The summed E-state index contributed by atoms with van der Waals surface area (Å²) < 4.78 is 11.4. The summed E-state index contributed by atoms with van der Waals surface area (Å²) in [5.41, 5.74) is 1.85. The number of carbonyl (C=O) groups excluding carboxylic acids is 1. The molecule has 1 aliphatic carbocycles. The van der Waals surface area contributed by atoms with E-state index in [1.54, 1.807) is 6.08 Å². The third-order valence-electron chi connectivity index (χ3n) is 3.81. The monoisotopic (exact) mass is 259 g/mol. The van der Waals surface area contributed by atoms with E-state index in [-0.39, 0.29) is 5.54 Å². The summed E-state index contributed by atoms with van der Waals surface area (Å²) in [6, 6.07) is 3.95. The Morgan fingerprint density at radius 1 is 1.26 bits per heavy atom. The lowest BCUT2D eigenvalue weighted by Crippen LogP contribution is -2.19. The van der Waals surface area contributed by atoms with Crippen LogP contribution in [0, 0.1) is 0 Å². The first kappa shape index (κ1) is 12.2. The normalized spacial score (nSPS) is 18.9. The van der Waals surface area contributed by atoms with E-state index in [1.807, 2.05) is 12.1 Å². The van der Waals surface area contributed by atoms with Gasteiger partial charge in [0.05, 0.1) is 5.54 Å². The molecule has 1 saturated carbocycles. The molecule has 1 fully saturated rings. The quantitative estimate of drug-likeness (QED) is 0.619. The highest BCUT2D eigenvalue weighted by atomic mass is 16.6. The number of rotatable bonds is 3. The third-order valence-corrected chi connectivity index (χ3v) is 3.81. The van der Waals surface area contributed by atoms with Crippen LogP contribution in [0.4, 0.5) is 0 Å². The molecule has 0 radical (unpaired) electrons. The average molecular weight is 259 g/mol. The van der Waals surface area contributed by atoms with Crippen LogP contribution in [0.5, 0.6) is 11.5 Å². The Morgan fingerprint density at radius 2 is 2.00 bits per heavy atom. The molecule has 1 aliphatic heterocycles. The first-order valence-corrected chi connectivity index (χ1v) is 6.70. The van der Waals surface area contributed by atoms with Crippen molar-refractivity contribution in [1.82, 2.24) is 0 Å². The molecule has 1 aromatic carbocycles. The van der Waals surface area contributed by atoms with Crippen LogP contribution in [0.25, 0.3) is 0 Å². The largest absolute Gasteiger partial charge is 0.486 e. The Kier molecular flexibility index (Phi) is 2.83. The second-order valence-electron chi connectivity index (χ2n) is 5.44. The van der Waals surface area contributed by atoms with Crippen molar-refractivity contribution in [3.05, 3.63) is 23.3 Å². The van der Waals surface area contributed by atoms with Crippen LogP contribution in [0.3, 0.4) is 0 Å². The van der Waals surface area contributed by atoms with E-state index in [2.05, 4.69) is 18.8 Å². The molecule has 3 rings (SSSR count). The fourth-order valence-electron chi connectivity index (χ4n) is 2.76. The van der Waals surface area contributed by atoms with Crippen molar-refractivity contribution in [1.29, 1.82) is 0 Å². The van der Waals surface area contributed by atoms with Crippen LogP contribution in [0.2, 0.25) is 0 Å². The Balaban J connectivity index is 2.17. The molecule has 1 heterocycles. The fourth-order valence-corrected chi connectivity index (χ4v) is 2.76. The van der Waals surface area contributed by atoms with Crippen molar-refractivity contribution in [2.75, 3.05) is 13.2 Å². The summed E-state index contributed by atoms with van der Waals surface area (Å²) in [5.74, 6) is 1.92. The molecule has 4 nitrogen and oxygen atoms in total. The highest BCUT2D eigenvalue weighted by Gasteiger charge is 2.47. The predicted octanol–water partition coefficient (Wildman–Crippen LogP) is 2.91. The van der Waals surface area contributed by atoms with Crippen LogP contribution in [-0.4, -0.2) is 19.3 Å². The zero-order chi connectivity index (χ0) is 13.5. The van der Waals surface area contributed by atoms with E-state index in [9.17, 15) is 4.79 Å². The lowest BCUT2D eigenvalue weighted by molar-refractivity contribution is 0.169. The maximum Gasteiger partial charge on any atom is 0.235 e. The summed E-state index contributed by atoms with van der Waals surface area (Å²) in [6.45, 7) is 5.40. The van der Waals surface area contributed by atoms with Crippen molar-refractivity contribution >= 4 is 6.08 Å². The van der Waals surface area contributed by atoms with Gasteiger partial charge in [-0.2, -0.15) is 4.99 Å². The molecule has 0 spiro atoms. The van der Waals surface area contributed by atoms with E-state index in [4.69, 9.17) is 9.47 Å². The summed E-state index contributed by atoms with van der Waals surface area (Å²) in [5, 5.41) is 0. The van der Waals surface area contributed by atoms with Gasteiger partial charge < -0.3 is 9.47 Å². The maximum absolute atomic E-state index is 10.7. The van der Waals surface area contributed by atoms with E-state index >= 15 is 0 Å². The van der Waals surface area contributed by atoms with Crippen molar-refractivity contribution in [2.24, 2.45) is 4.99 Å². The fraction of sp³-hybridized carbons (Fsp3) is 0.533. The minimum Gasteiger partial charge on any atom is -0.486 e. The number of ether oxygens (including phenoxy) is 2. The summed E-state index contributed by atoms with van der Waals surface area (Å²) in [6.07, 6.45) is 3.53. The molecule has 4 heteroatoms. The van der Waals surface area contributed by atoms with Gasteiger partial charge in [-0.3, -0.25) is 0 Å². The molecule has 0 bridgehead atoms. The van der Waals surface area contributed by atoms with Crippen LogP contribution in [0.1, 0.15) is 43.7 Å². The van der Waals surface area contributed by atoms with Crippen molar-refractivity contribution in [3.8, 4) is 11.5 Å². The van der Waals surface area contributed by atoms with Gasteiger partial charge in [-0.15, -0.1) is 0 Å². The number of benzene rings is 1. The Morgan fingerprint density at radius 3 is 2.63 bits per heavy atom. The number of nitrogens with zero attached hydrogens (tertiary/aromatic N) is 1.